The summed E-state index contributed by atoms with van der Waals surface area (Å²) < 4.78 is 26.6. The van der Waals surface area contributed by atoms with Gasteiger partial charge in [0, 0.05) is 32.3 Å². The number of nitro benzene ring substituents is 1. The van der Waals surface area contributed by atoms with Gasteiger partial charge in [-0.3, -0.25) is 10.1 Å². The largest absolute Gasteiger partial charge is 0.387 e. The summed E-state index contributed by atoms with van der Waals surface area (Å²) in [5.74, 6) is 0.126. The van der Waals surface area contributed by atoms with E-state index in [1.165, 1.54) is 23.5 Å². The summed E-state index contributed by atoms with van der Waals surface area (Å²) >= 11 is 0. The van der Waals surface area contributed by atoms with Gasteiger partial charge in [-0.1, -0.05) is 13.8 Å². The molecule has 0 radical (unpaired) electrons. The highest BCUT2D eigenvalue weighted by Crippen LogP contribution is 2.29. The van der Waals surface area contributed by atoms with Gasteiger partial charge in [-0.2, -0.15) is 4.31 Å². The Labute approximate surface area is 125 Å². The van der Waals surface area contributed by atoms with Crippen molar-refractivity contribution in [3.63, 3.8) is 0 Å². The average molecular weight is 315 g/mol. The molecule has 118 valence electrons. The van der Waals surface area contributed by atoms with Gasteiger partial charge < -0.3 is 5.32 Å². The highest BCUT2D eigenvalue weighted by molar-refractivity contribution is 7.89. The van der Waals surface area contributed by atoms with E-state index in [4.69, 9.17) is 0 Å². The molecule has 1 rings (SSSR count). The van der Waals surface area contributed by atoms with E-state index in [1.807, 2.05) is 13.8 Å². The summed E-state index contributed by atoms with van der Waals surface area (Å²) in [5.41, 5.74) is 0.0848. The van der Waals surface area contributed by atoms with Gasteiger partial charge in [0.05, 0.1) is 10.6 Å². The third kappa shape index (κ3) is 3.51. The molecule has 1 aromatic carbocycles. The predicted molar refractivity (Wildman–Crippen MR) is 81.9 cm³/mol. The lowest BCUT2D eigenvalue weighted by atomic mass is 10.1. The van der Waals surface area contributed by atoms with Gasteiger partial charge in [0.15, 0.2) is 0 Å². The van der Waals surface area contributed by atoms with Gasteiger partial charge >= 0.3 is 0 Å². The fraction of sp³-hybridized carbons (Fsp3) is 0.538. The summed E-state index contributed by atoms with van der Waals surface area (Å²) in [7, 11) is -0.756. The van der Waals surface area contributed by atoms with E-state index in [9.17, 15) is 18.5 Å². The second-order valence-electron chi connectivity index (χ2n) is 5.19. The lowest BCUT2D eigenvalue weighted by Crippen LogP contribution is -2.38. The molecule has 1 N–H and O–H groups in total. The van der Waals surface area contributed by atoms with Crippen LogP contribution in [0.2, 0.25) is 0 Å². The van der Waals surface area contributed by atoms with E-state index in [0.717, 1.165) is 6.07 Å². The normalized spacial score (nSPS) is 13.5. The lowest BCUT2D eigenvalue weighted by Gasteiger charge is -2.27. The number of rotatable bonds is 6. The monoisotopic (exact) mass is 315 g/mol. The van der Waals surface area contributed by atoms with Crippen LogP contribution in [0.15, 0.2) is 23.1 Å². The molecule has 0 amide bonds. The molecule has 8 heteroatoms. The molecule has 0 heterocycles. The number of nitro groups is 1. The standard InChI is InChI=1S/C13H21N3O4S/c1-9(2)10(3)15(5)21(19,20)13-8-11(16(17)18)6-7-12(13)14-4/h6-10,14H,1-5H3. The first-order valence-electron chi connectivity index (χ1n) is 6.57. The Kier molecular flexibility index (Phi) is 5.30. The average Bonchev–Trinajstić information content (AvgIpc) is 2.44. The van der Waals surface area contributed by atoms with Gasteiger partial charge in [-0.25, -0.2) is 8.42 Å². The van der Waals surface area contributed by atoms with Gasteiger partial charge in [0.2, 0.25) is 10.0 Å². The maximum Gasteiger partial charge on any atom is 0.270 e. The number of sulfonamides is 1. The Morgan fingerprint density at radius 3 is 2.29 bits per heavy atom. The molecule has 1 unspecified atom stereocenters. The highest BCUT2D eigenvalue weighted by Gasteiger charge is 2.30. The van der Waals surface area contributed by atoms with Crippen LogP contribution < -0.4 is 5.32 Å². The molecule has 0 bridgehead atoms. The smallest absolute Gasteiger partial charge is 0.270 e. The quantitative estimate of drug-likeness (QED) is 0.642. The van der Waals surface area contributed by atoms with E-state index in [2.05, 4.69) is 5.32 Å². The van der Waals surface area contributed by atoms with Crippen LogP contribution in [-0.2, 0) is 10.0 Å². The van der Waals surface area contributed by atoms with Gasteiger partial charge in [-0.15, -0.1) is 0 Å². The number of benzene rings is 1. The number of non-ortho nitro benzene ring substituents is 1. The SMILES string of the molecule is CNc1ccc([N+](=O)[O-])cc1S(=O)(=O)N(C)C(C)C(C)C. The topological polar surface area (TPSA) is 92.5 Å². The first-order chi connectivity index (χ1) is 9.62. The predicted octanol–water partition coefficient (Wildman–Crippen LogP) is 2.30. The Morgan fingerprint density at radius 2 is 1.86 bits per heavy atom. The van der Waals surface area contributed by atoms with Crippen LogP contribution in [0.3, 0.4) is 0 Å². The van der Waals surface area contributed by atoms with Crippen molar-refractivity contribution in [1.29, 1.82) is 0 Å². The zero-order valence-electron chi connectivity index (χ0n) is 12.8. The molecule has 0 aliphatic carbocycles. The van der Waals surface area contributed by atoms with Gasteiger partial charge in [-0.05, 0) is 18.9 Å². The van der Waals surface area contributed by atoms with Crippen LogP contribution in [-0.4, -0.2) is 37.8 Å². The van der Waals surface area contributed by atoms with Crippen molar-refractivity contribution in [1.82, 2.24) is 4.31 Å². The molecule has 0 saturated heterocycles. The number of hydrogen-bond donors (Lipinski definition) is 1. The summed E-state index contributed by atoms with van der Waals surface area (Å²) in [4.78, 5) is 10.2. The number of nitrogens with one attached hydrogen (secondary N) is 1. The summed E-state index contributed by atoms with van der Waals surface area (Å²) in [5, 5.41) is 13.6. The van der Waals surface area contributed by atoms with Crippen molar-refractivity contribution in [3.05, 3.63) is 28.3 Å². The maximum absolute atomic E-state index is 12.7. The molecule has 0 fully saturated rings. The second-order valence-corrected chi connectivity index (χ2v) is 7.16. The first kappa shape index (κ1) is 17.4. The molecule has 7 nitrogen and oxygen atoms in total. The van der Waals surface area contributed by atoms with Crippen LogP contribution in [0.1, 0.15) is 20.8 Å². The van der Waals surface area contributed by atoms with E-state index in [0.29, 0.717) is 5.69 Å². The Morgan fingerprint density at radius 1 is 1.29 bits per heavy atom. The molecule has 1 aromatic rings. The van der Waals surface area contributed by atoms with Crippen LogP contribution in [0.5, 0.6) is 0 Å². The highest BCUT2D eigenvalue weighted by atomic mass is 32.2. The van der Waals surface area contributed by atoms with E-state index in [1.54, 1.807) is 14.0 Å². The van der Waals surface area contributed by atoms with Crippen molar-refractivity contribution in [3.8, 4) is 0 Å². The number of anilines is 1. The Balaban J connectivity index is 3.42. The Bertz CT molecular complexity index is 628. The van der Waals surface area contributed by atoms with Gasteiger partial charge in [0.25, 0.3) is 5.69 Å². The summed E-state index contributed by atoms with van der Waals surface area (Å²) in [6, 6.07) is 3.54. The number of nitrogens with zero attached hydrogens (tertiary/aromatic N) is 2. The molecular formula is C13H21N3O4S. The summed E-state index contributed by atoms with van der Waals surface area (Å²) in [6.07, 6.45) is 0. The molecule has 0 aliphatic heterocycles. The molecule has 0 aliphatic rings. The van der Waals surface area contributed by atoms with Crippen molar-refractivity contribution in [2.75, 3.05) is 19.4 Å². The third-order valence-corrected chi connectivity index (χ3v) is 5.63. The molecule has 21 heavy (non-hydrogen) atoms. The van der Waals surface area contributed by atoms with Crippen LogP contribution >= 0.6 is 0 Å². The number of hydrogen-bond acceptors (Lipinski definition) is 5. The van der Waals surface area contributed by atoms with Crippen LogP contribution in [0.4, 0.5) is 11.4 Å². The molecular weight excluding hydrogens is 294 g/mol. The third-order valence-electron chi connectivity index (χ3n) is 3.64. The molecule has 0 spiro atoms. The minimum Gasteiger partial charge on any atom is -0.387 e. The lowest BCUT2D eigenvalue weighted by molar-refractivity contribution is -0.385. The van der Waals surface area contributed by atoms with Crippen LogP contribution in [0.25, 0.3) is 0 Å². The van der Waals surface area contributed by atoms with E-state index >= 15 is 0 Å². The molecule has 0 aromatic heterocycles. The van der Waals surface area contributed by atoms with E-state index in [-0.39, 0.29) is 22.5 Å². The van der Waals surface area contributed by atoms with Crippen molar-refractivity contribution >= 4 is 21.4 Å². The van der Waals surface area contributed by atoms with Crippen LogP contribution in [0, 0.1) is 16.0 Å². The maximum atomic E-state index is 12.7. The van der Waals surface area contributed by atoms with Crippen molar-refractivity contribution in [2.24, 2.45) is 5.92 Å². The van der Waals surface area contributed by atoms with E-state index < -0.39 is 14.9 Å². The molecule has 0 saturated carbocycles. The van der Waals surface area contributed by atoms with Crippen molar-refractivity contribution in [2.45, 2.75) is 31.7 Å². The zero-order valence-corrected chi connectivity index (χ0v) is 13.6. The Hall–Kier alpha value is -1.67. The fourth-order valence-electron chi connectivity index (χ4n) is 1.84. The first-order valence-corrected chi connectivity index (χ1v) is 8.01. The zero-order chi connectivity index (χ0) is 16.4. The van der Waals surface area contributed by atoms with Gasteiger partial charge in [0.1, 0.15) is 4.90 Å². The second kappa shape index (κ2) is 6.40. The minimum absolute atomic E-state index is 0.0887. The van der Waals surface area contributed by atoms with Crippen molar-refractivity contribution < 1.29 is 13.3 Å². The minimum atomic E-state index is -3.82. The fourth-order valence-corrected chi connectivity index (χ4v) is 3.55. The summed E-state index contributed by atoms with van der Waals surface area (Å²) in [6.45, 7) is 5.64. The molecule has 1 atom stereocenters.